The maximum Gasteiger partial charge on any atom is 0.133 e. The third-order valence-corrected chi connectivity index (χ3v) is 3.01. The molecule has 0 amide bonds. The molecule has 0 atom stereocenters. The zero-order valence-corrected chi connectivity index (χ0v) is 12.3. The molecule has 0 spiro atoms. The number of hydrogen-bond donors (Lipinski definition) is 1. The monoisotopic (exact) mass is 269 g/mol. The fraction of sp³-hybridized carbons (Fsp3) is 0.167. The lowest BCUT2D eigenvalue weighted by Crippen LogP contribution is -2.09. The number of allylic oxidation sites excluding steroid dienone is 5. The minimum absolute atomic E-state index is 0.189. The van der Waals surface area contributed by atoms with Crippen molar-refractivity contribution in [1.29, 1.82) is 5.41 Å². The largest absolute Gasteiger partial charge is 0.300 e. The van der Waals surface area contributed by atoms with Crippen LogP contribution in [0.15, 0.2) is 60.2 Å². The van der Waals surface area contributed by atoms with E-state index in [2.05, 4.69) is 13.2 Å². The summed E-state index contributed by atoms with van der Waals surface area (Å²) in [4.78, 5) is 0. The van der Waals surface area contributed by atoms with E-state index >= 15 is 0 Å². The van der Waals surface area contributed by atoms with Crippen molar-refractivity contribution in [1.82, 2.24) is 0 Å². The molecule has 1 aromatic rings. The number of halogens is 1. The van der Waals surface area contributed by atoms with Crippen LogP contribution in [-0.2, 0) is 0 Å². The summed E-state index contributed by atoms with van der Waals surface area (Å²) in [6.45, 7) is 13.0. The van der Waals surface area contributed by atoms with E-state index in [9.17, 15) is 4.39 Å². The van der Waals surface area contributed by atoms with E-state index in [4.69, 9.17) is 5.41 Å². The molecule has 0 fully saturated rings. The maximum absolute atomic E-state index is 14.1. The molecule has 2 heteroatoms. The van der Waals surface area contributed by atoms with Crippen LogP contribution in [0.3, 0.4) is 0 Å². The van der Waals surface area contributed by atoms with Gasteiger partial charge in [-0.2, -0.15) is 0 Å². The van der Waals surface area contributed by atoms with Crippen LogP contribution < -0.4 is 0 Å². The van der Waals surface area contributed by atoms with Gasteiger partial charge in [0.1, 0.15) is 5.82 Å². The second-order valence-corrected chi connectivity index (χ2v) is 4.78. The van der Waals surface area contributed by atoms with E-state index in [0.29, 0.717) is 11.1 Å². The van der Waals surface area contributed by atoms with E-state index in [0.717, 1.165) is 16.7 Å². The number of hydrogen-bond acceptors (Lipinski definition) is 1. The Morgan fingerprint density at radius 1 is 1.20 bits per heavy atom. The van der Waals surface area contributed by atoms with Gasteiger partial charge in [-0.25, -0.2) is 4.39 Å². The molecule has 0 aliphatic heterocycles. The summed E-state index contributed by atoms with van der Waals surface area (Å²) >= 11 is 0. The Bertz CT molecular complexity index is 614. The third-order valence-electron chi connectivity index (χ3n) is 3.01. The summed E-state index contributed by atoms with van der Waals surface area (Å²) in [5, 5.41) is 8.30. The lowest BCUT2D eigenvalue weighted by Gasteiger charge is -2.13. The molecule has 0 unspecified atom stereocenters. The first kappa shape index (κ1) is 15.8. The quantitative estimate of drug-likeness (QED) is 0.553. The number of benzene rings is 1. The van der Waals surface area contributed by atoms with Crippen molar-refractivity contribution in [3.05, 3.63) is 77.2 Å². The highest BCUT2D eigenvalue weighted by molar-refractivity contribution is 6.13. The Kier molecular flexibility index (Phi) is 5.39. The molecular weight excluding hydrogens is 249 g/mol. The Hall–Kier alpha value is -2.22. The second-order valence-electron chi connectivity index (χ2n) is 4.78. The van der Waals surface area contributed by atoms with Gasteiger partial charge in [0.05, 0.1) is 5.71 Å². The first-order valence-corrected chi connectivity index (χ1v) is 6.40. The van der Waals surface area contributed by atoms with Gasteiger partial charge >= 0.3 is 0 Å². The molecule has 0 aliphatic carbocycles. The fourth-order valence-corrected chi connectivity index (χ4v) is 2.10. The van der Waals surface area contributed by atoms with Crippen molar-refractivity contribution in [2.75, 3.05) is 0 Å². The molecule has 104 valence electrons. The molecule has 20 heavy (non-hydrogen) atoms. The van der Waals surface area contributed by atoms with Crippen molar-refractivity contribution < 1.29 is 4.39 Å². The standard InChI is InChI=1S/C18H20FN/c1-6-8-13(5)17(12(3)4)18(20)15-10-9-14(7-2)11-16(15)19/h6-11,20H,1-2H2,3-5H3/b13-8-,20-18?. The molecule has 0 heterocycles. The van der Waals surface area contributed by atoms with Crippen molar-refractivity contribution in [3.63, 3.8) is 0 Å². The Morgan fingerprint density at radius 2 is 1.85 bits per heavy atom. The van der Waals surface area contributed by atoms with Gasteiger partial charge in [-0.15, -0.1) is 0 Å². The molecule has 1 rings (SSSR count). The minimum atomic E-state index is -0.405. The number of rotatable bonds is 5. The average Bonchev–Trinajstić information content (AvgIpc) is 2.38. The smallest absolute Gasteiger partial charge is 0.133 e. The molecule has 0 bridgehead atoms. The highest BCUT2D eigenvalue weighted by Gasteiger charge is 2.15. The van der Waals surface area contributed by atoms with Crippen LogP contribution in [0.25, 0.3) is 6.08 Å². The predicted molar refractivity (Wildman–Crippen MR) is 85.6 cm³/mol. The van der Waals surface area contributed by atoms with E-state index < -0.39 is 5.82 Å². The first-order chi connectivity index (χ1) is 9.42. The topological polar surface area (TPSA) is 23.9 Å². The highest BCUT2D eigenvalue weighted by atomic mass is 19.1. The summed E-state index contributed by atoms with van der Waals surface area (Å²) in [6.07, 6.45) is 5.08. The van der Waals surface area contributed by atoms with Crippen LogP contribution >= 0.6 is 0 Å². The van der Waals surface area contributed by atoms with Crippen LogP contribution in [0, 0.1) is 11.2 Å². The molecule has 1 nitrogen and oxygen atoms in total. The van der Waals surface area contributed by atoms with E-state index in [1.807, 2.05) is 26.8 Å². The fourth-order valence-electron chi connectivity index (χ4n) is 2.10. The SMILES string of the molecule is C=C/C=C(/C)C(C(=N)c1ccc(C=C)cc1F)=C(C)C. The molecule has 0 saturated heterocycles. The molecule has 0 aromatic heterocycles. The van der Waals surface area contributed by atoms with Gasteiger partial charge in [0, 0.05) is 11.1 Å². The van der Waals surface area contributed by atoms with Crippen LogP contribution in [0.1, 0.15) is 31.9 Å². The Labute approximate surface area is 120 Å². The molecule has 1 N–H and O–H groups in total. The zero-order valence-electron chi connectivity index (χ0n) is 12.3. The van der Waals surface area contributed by atoms with Crippen molar-refractivity contribution in [3.8, 4) is 0 Å². The van der Waals surface area contributed by atoms with Gasteiger partial charge in [-0.05, 0) is 44.0 Å². The summed E-state index contributed by atoms with van der Waals surface area (Å²) in [6, 6.07) is 4.78. The van der Waals surface area contributed by atoms with Gasteiger partial charge in [-0.3, -0.25) is 5.41 Å². The van der Waals surface area contributed by atoms with Gasteiger partial charge < -0.3 is 0 Å². The van der Waals surface area contributed by atoms with Gasteiger partial charge in [0.15, 0.2) is 0 Å². The van der Waals surface area contributed by atoms with Crippen molar-refractivity contribution in [2.24, 2.45) is 0 Å². The third kappa shape index (κ3) is 3.41. The van der Waals surface area contributed by atoms with Gasteiger partial charge in [0.25, 0.3) is 0 Å². The van der Waals surface area contributed by atoms with Crippen LogP contribution in [0.5, 0.6) is 0 Å². The average molecular weight is 269 g/mol. The number of nitrogens with one attached hydrogen (secondary N) is 1. The molecule has 0 radical (unpaired) electrons. The minimum Gasteiger partial charge on any atom is -0.300 e. The normalized spacial score (nSPS) is 10.9. The van der Waals surface area contributed by atoms with Crippen LogP contribution in [0.2, 0.25) is 0 Å². The van der Waals surface area contributed by atoms with E-state index in [1.54, 1.807) is 24.3 Å². The van der Waals surface area contributed by atoms with Gasteiger partial charge in [-0.1, -0.05) is 43.0 Å². The van der Waals surface area contributed by atoms with Crippen LogP contribution in [-0.4, -0.2) is 5.71 Å². The zero-order chi connectivity index (χ0) is 15.3. The Morgan fingerprint density at radius 3 is 2.30 bits per heavy atom. The summed E-state index contributed by atoms with van der Waals surface area (Å²) in [5.41, 5.74) is 3.80. The lowest BCUT2D eigenvalue weighted by atomic mass is 9.92. The lowest BCUT2D eigenvalue weighted by molar-refractivity contribution is 0.625. The molecular formula is C18H20FN. The van der Waals surface area contributed by atoms with Gasteiger partial charge in [0.2, 0.25) is 0 Å². The highest BCUT2D eigenvalue weighted by Crippen LogP contribution is 2.22. The second kappa shape index (κ2) is 6.80. The summed E-state index contributed by atoms with van der Waals surface area (Å²) in [5.74, 6) is -0.405. The molecule has 0 aliphatic rings. The van der Waals surface area contributed by atoms with E-state index in [-0.39, 0.29) is 5.71 Å². The van der Waals surface area contributed by atoms with Crippen molar-refractivity contribution >= 4 is 11.8 Å². The Balaban J connectivity index is 3.35. The maximum atomic E-state index is 14.1. The van der Waals surface area contributed by atoms with Crippen LogP contribution in [0.4, 0.5) is 4.39 Å². The molecule has 0 saturated carbocycles. The summed E-state index contributed by atoms with van der Waals surface area (Å²) < 4.78 is 14.1. The predicted octanol–water partition coefficient (Wildman–Crippen LogP) is 5.31. The van der Waals surface area contributed by atoms with E-state index in [1.165, 1.54) is 6.07 Å². The first-order valence-electron chi connectivity index (χ1n) is 6.40. The van der Waals surface area contributed by atoms with Crippen molar-refractivity contribution in [2.45, 2.75) is 20.8 Å². The summed E-state index contributed by atoms with van der Waals surface area (Å²) in [7, 11) is 0. The molecule has 1 aromatic carbocycles.